The SMILES string of the molecule is CC(=O)NC1C(OCCCCCNCCCNC(=O)CCOCC(C)(COCCC(=O)NCCCNC(=O)CCCCOC2OC(CO)C(O)C(O)C2NC(C)=O)COCCC(=O)NCCCNC(=O)CCCCOC2OC(CO)C(O)C(O)C2NC(C)=O)OC(CO)C(O)C1O. The van der Waals surface area contributed by atoms with Gasteiger partial charge >= 0.3 is 0 Å². The summed E-state index contributed by atoms with van der Waals surface area (Å²) >= 11 is 0. The van der Waals surface area contributed by atoms with Crippen molar-refractivity contribution in [3.63, 3.8) is 0 Å². The Hall–Kier alpha value is -5.00. The van der Waals surface area contributed by atoms with Crippen molar-refractivity contribution < 1.29 is 127 Å². The molecule has 35 nitrogen and oxygen atoms in total. The first-order valence-electron chi connectivity index (χ1n) is 33.7. The highest BCUT2D eigenvalue weighted by Gasteiger charge is 2.48. The summed E-state index contributed by atoms with van der Waals surface area (Å²) in [5, 5.41) is 115. The van der Waals surface area contributed by atoms with Crippen LogP contribution in [0.1, 0.15) is 124 Å². The Kier molecular flexibility index (Phi) is 44.0. The van der Waals surface area contributed by atoms with Gasteiger partial charge in [-0.2, -0.15) is 0 Å². The van der Waals surface area contributed by atoms with Crippen LogP contribution in [-0.2, 0) is 81.0 Å². The fourth-order valence-electron chi connectivity index (χ4n) is 10.4. The van der Waals surface area contributed by atoms with Gasteiger partial charge in [0.05, 0.1) is 59.5 Å². The third-order valence-electron chi connectivity index (χ3n) is 15.8. The number of unbranched alkanes of at least 4 members (excludes halogenated alkanes) is 4. The number of hydrogen-bond acceptors (Lipinski definition) is 27. The van der Waals surface area contributed by atoms with Gasteiger partial charge in [-0.3, -0.25) is 38.4 Å². The third kappa shape index (κ3) is 35.2. The maximum Gasteiger partial charge on any atom is 0.222 e. The zero-order chi connectivity index (χ0) is 71.5. The molecule has 0 aromatic carbocycles. The van der Waals surface area contributed by atoms with Crippen LogP contribution in [-0.4, -0.2) is 310 Å². The van der Waals surface area contributed by atoms with Crippen LogP contribution in [0.15, 0.2) is 0 Å². The average Bonchev–Trinajstić information content (AvgIpc) is 0.826. The second-order valence-electron chi connectivity index (χ2n) is 24.7. The molecule has 35 heteroatoms. The molecule has 0 aromatic heterocycles. The van der Waals surface area contributed by atoms with E-state index in [1.54, 1.807) is 0 Å². The lowest BCUT2D eigenvalue weighted by molar-refractivity contribution is -0.270. The molecule has 97 heavy (non-hydrogen) atoms. The predicted molar refractivity (Wildman–Crippen MR) is 342 cm³/mol. The van der Waals surface area contributed by atoms with E-state index in [0.717, 1.165) is 19.4 Å². The van der Waals surface area contributed by atoms with Gasteiger partial charge in [-0.05, 0) is 77.3 Å². The zero-order valence-corrected chi connectivity index (χ0v) is 56.7. The van der Waals surface area contributed by atoms with Gasteiger partial charge in [-0.1, -0.05) is 6.92 Å². The van der Waals surface area contributed by atoms with Crippen molar-refractivity contribution in [3.05, 3.63) is 0 Å². The van der Waals surface area contributed by atoms with E-state index < -0.39 is 135 Å². The Bertz CT molecular complexity index is 2170. The molecule has 15 atom stereocenters. The summed E-state index contributed by atoms with van der Waals surface area (Å²) in [7, 11) is 0. The highest BCUT2D eigenvalue weighted by molar-refractivity contribution is 5.78. The number of amides is 8. The quantitative estimate of drug-likeness (QED) is 0.0252. The van der Waals surface area contributed by atoms with Crippen molar-refractivity contribution in [2.24, 2.45) is 5.41 Å². The zero-order valence-electron chi connectivity index (χ0n) is 56.7. The van der Waals surface area contributed by atoms with Gasteiger partial charge in [0.1, 0.15) is 73.1 Å². The number of hydrogen-bond donors (Lipinski definition) is 18. The van der Waals surface area contributed by atoms with E-state index in [4.69, 9.17) is 42.6 Å². The molecule has 3 heterocycles. The molecule has 0 aliphatic carbocycles. The molecule has 3 aliphatic heterocycles. The molecule has 3 aliphatic rings. The van der Waals surface area contributed by atoms with Crippen LogP contribution in [0.4, 0.5) is 0 Å². The summed E-state index contributed by atoms with van der Waals surface area (Å²) in [5.41, 5.74) is -0.755. The van der Waals surface area contributed by atoms with Gasteiger partial charge in [0, 0.05) is 111 Å². The van der Waals surface area contributed by atoms with E-state index in [-0.39, 0.29) is 121 Å². The first-order chi connectivity index (χ1) is 46.4. The molecule has 0 bridgehead atoms. The van der Waals surface area contributed by atoms with E-state index >= 15 is 0 Å². The summed E-state index contributed by atoms with van der Waals surface area (Å²) in [6.07, 6.45) is -8.88. The van der Waals surface area contributed by atoms with E-state index in [1.165, 1.54) is 20.8 Å². The number of rotatable bonds is 52. The summed E-state index contributed by atoms with van der Waals surface area (Å²) in [6, 6.07) is -3.13. The molecule has 0 spiro atoms. The Morgan fingerprint density at radius 2 is 0.629 bits per heavy atom. The van der Waals surface area contributed by atoms with E-state index in [2.05, 4.69) is 47.9 Å². The number of aliphatic hydroxyl groups is 9. The second-order valence-corrected chi connectivity index (χ2v) is 24.7. The summed E-state index contributed by atoms with van der Waals surface area (Å²) < 4.78 is 51.6. The van der Waals surface area contributed by atoms with Gasteiger partial charge in [-0.15, -0.1) is 0 Å². The van der Waals surface area contributed by atoms with Crippen molar-refractivity contribution in [1.82, 2.24) is 47.9 Å². The van der Waals surface area contributed by atoms with Gasteiger partial charge in [0.15, 0.2) is 18.9 Å². The molecule has 562 valence electrons. The van der Waals surface area contributed by atoms with Crippen LogP contribution in [0.3, 0.4) is 0 Å². The van der Waals surface area contributed by atoms with Crippen molar-refractivity contribution in [2.75, 3.05) is 125 Å². The normalized spacial score (nSPS) is 26.2. The monoisotopic (exact) mass is 1400 g/mol. The van der Waals surface area contributed by atoms with Crippen LogP contribution in [0.2, 0.25) is 0 Å². The molecule has 15 unspecified atom stereocenters. The largest absolute Gasteiger partial charge is 0.394 e. The Labute approximate surface area is 566 Å². The molecule has 3 saturated heterocycles. The van der Waals surface area contributed by atoms with Crippen molar-refractivity contribution in [3.8, 4) is 0 Å². The minimum absolute atomic E-state index is 0.0381. The number of nitrogens with one attached hydrogen (secondary N) is 9. The molecule has 0 saturated carbocycles. The van der Waals surface area contributed by atoms with Crippen LogP contribution >= 0.6 is 0 Å². The third-order valence-corrected chi connectivity index (χ3v) is 15.8. The number of aliphatic hydroxyl groups excluding tert-OH is 9. The molecule has 3 rings (SSSR count). The number of carbonyl (C=O) groups is 8. The van der Waals surface area contributed by atoms with Gasteiger partial charge in [0.25, 0.3) is 0 Å². The van der Waals surface area contributed by atoms with E-state index in [9.17, 15) is 84.3 Å². The molecule has 0 radical (unpaired) electrons. The van der Waals surface area contributed by atoms with E-state index in [1.807, 2.05) is 6.92 Å². The summed E-state index contributed by atoms with van der Waals surface area (Å²) in [5.74, 6) is -2.54. The van der Waals surface area contributed by atoms with Gasteiger partial charge in [0.2, 0.25) is 47.3 Å². The molecule has 0 aromatic rings. The van der Waals surface area contributed by atoms with Crippen molar-refractivity contribution in [2.45, 2.75) is 216 Å². The maximum absolute atomic E-state index is 12.7. The minimum Gasteiger partial charge on any atom is -0.394 e. The first kappa shape index (κ1) is 86.2. The predicted octanol–water partition coefficient (Wildman–Crippen LogP) is -6.05. The first-order valence-corrected chi connectivity index (χ1v) is 33.7. The van der Waals surface area contributed by atoms with Crippen LogP contribution in [0.25, 0.3) is 0 Å². The van der Waals surface area contributed by atoms with Gasteiger partial charge < -0.3 is 136 Å². The number of carbonyl (C=O) groups excluding carboxylic acids is 8. The van der Waals surface area contributed by atoms with Crippen molar-refractivity contribution in [1.29, 1.82) is 0 Å². The average molecular weight is 1400 g/mol. The maximum atomic E-state index is 12.7. The Balaban J connectivity index is 1.32. The smallest absolute Gasteiger partial charge is 0.222 e. The highest BCUT2D eigenvalue weighted by atomic mass is 16.7. The second kappa shape index (κ2) is 49.5. The molecular formula is C62H113N9O26. The van der Waals surface area contributed by atoms with Crippen molar-refractivity contribution >= 4 is 47.3 Å². The fraction of sp³-hybridized carbons (Fsp3) is 0.871. The lowest BCUT2D eigenvalue weighted by atomic mass is 9.94. The lowest BCUT2D eigenvalue weighted by Crippen LogP contribution is -2.64. The van der Waals surface area contributed by atoms with Crippen LogP contribution < -0.4 is 47.9 Å². The van der Waals surface area contributed by atoms with Crippen LogP contribution in [0, 0.1) is 5.41 Å². The molecule has 18 N–H and O–H groups in total. The lowest BCUT2D eigenvalue weighted by Gasteiger charge is -2.42. The standard InChI is InChI=1S/C62H113N9O26/c1-39(75)69-50-56(86)53(83)42(33-72)95-59(50)92-27-9-5-8-20-63-21-12-22-66-47(80)17-30-89-36-62(4,37-90-31-18-48(81)67-25-13-23-64-45(78)15-6-10-28-93-60-51(70-40(2)76)57(87)54(84)43(34-73)96-60)38-91-32-19-49(82)68-26-14-24-65-46(79)16-7-11-29-94-61-52(71-41(3)77)58(88)55(85)44(35-74)97-61/h42-44,50-61,63,72-74,83-88H,5-38H2,1-4H3,(H,64,78)(H,65,79)(H,66,80)(H,67,81)(H,68,82)(H,69,75)(H,70,76)(H,71,77). The minimum atomic E-state index is -1.43. The molecule has 8 amide bonds. The number of ether oxygens (including phenoxy) is 9. The van der Waals surface area contributed by atoms with Crippen LogP contribution in [0.5, 0.6) is 0 Å². The fourth-order valence-corrected chi connectivity index (χ4v) is 10.4. The summed E-state index contributed by atoms with van der Waals surface area (Å²) in [6.45, 7) is 8.00. The molecular weight excluding hydrogens is 1290 g/mol. The summed E-state index contributed by atoms with van der Waals surface area (Å²) in [4.78, 5) is 97.9. The topological polar surface area (TPSA) is 510 Å². The Morgan fingerprint density at radius 1 is 0.351 bits per heavy atom. The molecule has 3 fully saturated rings. The van der Waals surface area contributed by atoms with Gasteiger partial charge in [-0.25, -0.2) is 0 Å². The van der Waals surface area contributed by atoms with E-state index in [0.29, 0.717) is 90.6 Å². The highest BCUT2D eigenvalue weighted by Crippen LogP contribution is 2.26. The Morgan fingerprint density at radius 3 is 0.928 bits per heavy atom.